The lowest BCUT2D eigenvalue weighted by molar-refractivity contribution is 0.0689. The van der Waals surface area contributed by atoms with Crippen LogP contribution in [-0.2, 0) is 0 Å². The summed E-state index contributed by atoms with van der Waals surface area (Å²) in [4.78, 5) is 18.8. The van der Waals surface area contributed by atoms with Gasteiger partial charge in [-0.3, -0.25) is 0 Å². The number of imidazole rings is 1. The molecule has 0 atom stereocenters. The van der Waals surface area contributed by atoms with Crippen LogP contribution in [-0.4, -0.2) is 32.7 Å². The van der Waals surface area contributed by atoms with E-state index in [1.54, 1.807) is 23.2 Å². The molecule has 0 amide bonds. The van der Waals surface area contributed by atoms with Gasteiger partial charge in [-0.25, -0.2) is 14.8 Å². The summed E-state index contributed by atoms with van der Waals surface area (Å²) in [5.74, 6) is -0.834. The van der Waals surface area contributed by atoms with Crippen molar-refractivity contribution in [2.24, 2.45) is 0 Å². The molecule has 0 spiro atoms. The standard InChI is InChI=1S/C11H11N3O3/c1-7-5-14(6-12-7)9-4-3-8(11(15)16)13-10(9)17-2/h3-6H,1-2H3,(H,15,16). The smallest absolute Gasteiger partial charge is 0.354 e. The molecule has 0 bridgehead atoms. The molecule has 2 rings (SSSR count). The maximum atomic E-state index is 10.8. The highest BCUT2D eigenvalue weighted by atomic mass is 16.5. The van der Waals surface area contributed by atoms with Gasteiger partial charge in [0.25, 0.3) is 0 Å². The summed E-state index contributed by atoms with van der Waals surface area (Å²) in [6, 6.07) is 3.06. The third-order valence-electron chi connectivity index (χ3n) is 2.24. The average Bonchev–Trinajstić information content (AvgIpc) is 2.74. The molecule has 0 fully saturated rings. The Labute approximate surface area is 97.5 Å². The fourth-order valence-corrected chi connectivity index (χ4v) is 1.45. The van der Waals surface area contributed by atoms with Gasteiger partial charge in [-0.15, -0.1) is 0 Å². The number of hydrogen-bond acceptors (Lipinski definition) is 4. The van der Waals surface area contributed by atoms with Crippen molar-refractivity contribution in [3.05, 3.63) is 36.0 Å². The fraction of sp³-hybridized carbons (Fsp3) is 0.182. The van der Waals surface area contributed by atoms with Crippen LogP contribution in [0.4, 0.5) is 0 Å². The molecule has 6 heteroatoms. The van der Waals surface area contributed by atoms with Crippen molar-refractivity contribution in [3.8, 4) is 11.6 Å². The van der Waals surface area contributed by atoms with Crippen LogP contribution in [0, 0.1) is 6.92 Å². The van der Waals surface area contributed by atoms with Gasteiger partial charge < -0.3 is 14.4 Å². The summed E-state index contributed by atoms with van der Waals surface area (Å²) in [5, 5.41) is 8.83. The zero-order valence-corrected chi connectivity index (χ0v) is 9.41. The van der Waals surface area contributed by atoms with Crippen LogP contribution >= 0.6 is 0 Å². The Morgan fingerprint density at radius 2 is 2.24 bits per heavy atom. The van der Waals surface area contributed by atoms with E-state index in [1.165, 1.54) is 13.2 Å². The molecular weight excluding hydrogens is 222 g/mol. The van der Waals surface area contributed by atoms with Crippen molar-refractivity contribution in [1.29, 1.82) is 0 Å². The molecule has 88 valence electrons. The van der Waals surface area contributed by atoms with E-state index in [0.29, 0.717) is 5.69 Å². The lowest BCUT2D eigenvalue weighted by atomic mass is 10.3. The quantitative estimate of drug-likeness (QED) is 0.864. The maximum absolute atomic E-state index is 10.8. The molecule has 0 radical (unpaired) electrons. The van der Waals surface area contributed by atoms with Crippen molar-refractivity contribution in [2.45, 2.75) is 6.92 Å². The van der Waals surface area contributed by atoms with Crippen molar-refractivity contribution in [2.75, 3.05) is 7.11 Å². The second-order valence-corrected chi connectivity index (χ2v) is 3.45. The SMILES string of the molecule is COc1nc(C(=O)O)ccc1-n1cnc(C)c1. The van der Waals surface area contributed by atoms with Gasteiger partial charge in [0.05, 0.1) is 19.1 Å². The number of aryl methyl sites for hydroxylation is 1. The summed E-state index contributed by atoms with van der Waals surface area (Å²) in [6.07, 6.45) is 3.43. The number of hydrogen-bond donors (Lipinski definition) is 1. The summed E-state index contributed by atoms with van der Waals surface area (Å²) in [7, 11) is 1.45. The largest absolute Gasteiger partial charge is 0.479 e. The normalized spacial score (nSPS) is 10.2. The number of nitrogens with zero attached hydrogens (tertiary/aromatic N) is 3. The van der Waals surface area contributed by atoms with E-state index in [2.05, 4.69) is 9.97 Å². The Hall–Kier alpha value is -2.37. The Bertz CT molecular complexity index is 563. The van der Waals surface area contributed by atoms with Crippen LogP contribution in [0.2, 0.25) is 0 Å². The first-order valence-electron chi connectivity index (χ1n) is 4.91. The second-order valence-electron chi connectivity index (χ2n) is 3.45. The zero-order chi connectivity index (χ0) is 12.4. The molecule has 6 nitrogen and oxygen atoms in total. The van der Waals surface area contributed by atoms with Crippen LogP contribution in [0.3, 0.4) is 0 Å². The maximum Gasteiger partial charge on any atom is 0.354 e. The molecule has 0 saturated heterocycles. The van der Waals surface area contributed by atoms with E-state index < -0.39 is 5.97 Å². The number of carbonyl (C=O) groups is 1. The number of ether oxygens (including phenoxy) is 1. The van der Waals surface area contributed by atoms with Gasteiger partial charge in [-0.1, -0.05) is 0 Å². The van der Waals surface area contributed by atoms with Gasteiger partial charge in [0.2, 0.25) is 5.88 Å². The van der Waals surface area contributed by atoms with Crippen LogP contribution in [0.15, 0.2) is 24.7 Å². The molecule has 0 unspecified atom stereocenters. The average molecular weight is 233 g/mol. The topological polar surface area (TPSA) is 77.2 Å². The van der Waals surface area contributed by atoms with E-state index in [4.69, 9.17) is 9.84 Å². The van der Waals surface area contributed by atoms with Gasteiger partial charge in [-0.05, 0) is 19.1 Å². The Kier molecular flexibility index (Phi) is 2.78. The third kappa shape index (κ3) is 2.10. The molecule has 0 saturated carbocycles. The lowest BCUT2D eigenvalue weighted by Gasteiger charge is -2.08. The van der Waals surface area contributed by atoms with Gasteiger partial charge in [0.15, 0.2) is 5.69 Å². The van der Waals surface area contributed by atoms with Gasteiger partial charge >= 0.3 is 5.97 Å². The second kappa shape index (κ2) is 4.25. The van der Waals surface area contributed by atoms with Crippen LogP contribution in [0.1, 0.15) is 16.2 Å². The number of aromatic nitrogens is 3. The number of carboxylic acid groups (broad SMARTS) is 1. The molecule has 0 aliphatic heterocycles. The van der Waals surface area contributed by atoms with Crippen LogP contribution in [0.25, 0.3) is 5.69 Å². The molecule has 0 aliphatic rings. The van der Waals surface area contributed by atoms with E-state index >= 15 is 0 Å². The number of rotatable bonds is 3. The van der Waals surface area contributed by atoms with Crippen molar-refractivity contribution in [3.63, 3.8) is 0 Å². The summed E-state index contributed by atoms with van der Waals surface area (Å²) < 4.78 is 6.81. The molecular formula is C11H11N3O3. The predicted molar refractivity (Wildman–Crippen MR) is 59.6 cm³/mol. The summed E-state index contributed by atoms with van der Waals surface area (Å²) >= 11 is 0. The molecule has 1 N–H and O–H groups in total. The molecule has 0 aromatic carbocycles. The molecule has 17 heavy (non-hydrogen) atoms. The first kappa shape index (κ1) is 11.1. The van der Waals surface area contributed by atoms with Gasteiger partial charge in [0, 0.05) is 6.20 Å². The minimum absolute atomic E-state index is 0.0533. The summed E-state index contributed by atoms with van der Waals surface area (Å²) in [6.45, 7) is 1.86. The Morgan fingerprint density at radius 1 is 1.47 bits per heavy atom. The first-order valence-corrected chi connectivity index (χ1v) is 4.91. The predicted octanol–water partition coefficient (Wildman–Crippen LogP) is 1.28. The van der Waals surface area contributed by atoms with Gasteiger partial charge in [-0.2, -0.15) is 0 Å². The molecule has 0 aliphatic carbocycles. The number of pyridine rings is 1. The monoisotopic (exact) mass is 233 g/mol. The third-order valence-corrected chi connectivity index (χ3v) is 2.24. The molecule has 2 aromatic rings. The highest BCUT2D eigenvalue weighted by Gasteiger charge is 2.12. The van der Waals surface area contributed by atoms with E-state index in [-0.39, 0.29) is 11.6 Å². The highest BCUT2D eigenvalue weighted by molar-refractivity contribution is 5.85. The number of carboxylic acids is 1. The van der Waals surface area contributed by atoms with Gasteiger partial charge in [0.1, 0.15) is 5.69 Å². The van der Waals surface area contributed by atoms with Crippen molar-refractivity contribution >= 4 is 5.97 Å². The Balaban J connectivity index is 2.51. The van der Waals surface area contributed by atoms with Crippen LogP contribution in [0.5, 0.6) is 5.88 Å². The molecule has 2 aromatic heterocycles. The van der Waals surface area contributed by atoms with E-state index in [9.17, 15) is 4.79 Å². The molecule has 2 heterocycles. The van der Waals surface area contributed by atoms with E-state index in [0.717, 1.165) is 5.69 Å². The summed E-state index contributed by atoms with van der Waals surface area (Å²) in [5.41, 5.74) is 1.45. The first-order chi connectivity index (χ1) is 8.11. The van der Waals surface area contributed by atoms with E-state index in [1.807, 2.05) is 6.92 Å². The minimum Gasteiger partial charge on any atom is -0.479 e. The Morgan fingerprint density at radius 3 is 2.76 bits per heavy atom. The number of methoxy groups -OCH3 is 1. The zero-order valence-electron chi connectivity index (χ0n) is 9.41. The lowest BCUT2D eigenvalue weighted by Crippen LogP contribution is -2.05. The van der Waals surface area contributed by atoms with Crippen molar-refractivity contribution in [1.82, 2.24) is 14.5 Å². The number of aromatic carboxylic acids is 1. The van der Waals surface area contributed by atoms with Crippen molar-refractivity contribution < 1.29 is 14.6 Å². The highest BCUT2D eigenvalue weighted by Crippen LogP contribution is 2.20. The van der Waals surface area contributed by atoms with Crippen LogP contribution < -0.4 is 4.74 Å². The fourth-order valence-electron chi connectivity index (χ4n) is 1.45. The minimum atomic E-state index is -1.09.